The van der Waals surface area contributed by atoms with Crippen molar-refractivity contribution < 1.29 is 4.79 Å². The molecule has 0 atom stereocenters. The average Bonchev–Trinajstić information content (AvgIpc) is 2.82. The number of carbonyl (C=O) groups is 1. The molecule has 0 bridgehead atoms. The van der Waals surface area contributed by atoms with Crippen LogP contribution in [0.5, 0.6) is 0 Å². The van der Waals surface area contributed by atoms with E-state index < -0.39 is 0 Å². The number of likely N-dealkylation sites (tertiary alicyclic amines) is 1. The Morgan fingerprint density at radius 1 is 1.00 bits per heavy atom. The second kappa shape index (κ2) is 10.8. The number of nitrogens with one attached hydrogen (secondary N) is 2. The van der Waals surface area contributed by atoms with Crippen molar-refractivity contribution in [3.05, 3.63) is 88.0 Å². The highest BCUT2D eigenvalue weighted by Gasteiger charge is 2.20. The van der Waals surface area contributed by atoms with Crippen LogP contribution in [0.1, 0.15) is 28.8 Å². The van der Waals surface area contributed by atoms with Crippen LogP contribution in [0.15, 0.2) is 66.9 Å². The normalized spacial score (nSPS) is 14.8. The van der Waals surface area contributed by atoms with Gasteiger partial charge in [-0.15, -0.1) is 0 Å². The van der Waals surface area contributed by atoms with Crippen molar-refractivity contribution in [3.8, 4) is 0 Å². The van der Waals surface area contributed by atoms with Crippen LogP contribution in [-0.4, -0.2) is 35.4 Å². The molecule has 0 saturated carbocycles. The first-order valence-corrected chi connectivity index (χ1v) is 11.6. The number of nitrogens with zero attached hydrogens (tertiary/aromatic N) is 2. The zero-order chi connectivity index (χ0) is 22.3. The SMILES string of the molecule is O=C(Nc1ccc(Cl)cn1)c1ccccc1NCC1CCN(Cc2ccccc2Cl)CC1. The van der Waals surface area contributed by atoms with Crippen LogP contribution in [0.4, 0.5) is 11.5 Å². The average molecular weight is 469 g/mol. The predicted octanol–water partition coefficient (Wildman–Crippen LogP) is 5.96. The Morgan fingerprint density at radius 3 is 2.50 bits per heavy atom. The first-order valence-electron chi connectivity index (χ1n) is 10.8. The van der Waals surface area contributed by atoms with Gasteiger partial charge in [0.05, 0.1) is 10.6 Å². The molecule has 3 aromatic rings. The Labute approximate surface area is 198 Å². The molecule has 2 heterocycles. The first-order chi connectivity index (χ1) is 15.6. The quantitative estimate of drug-likeness (QED) is 0.448. The third-order valence-electron chi connectivity index (χ3n) is 5.78. The summed E-state index contributed by atoms with van der Waals surface area (Å²) in [5.74, 6) is 0.837. The number of hydrogen-bond donors (Lipinski definition) is 2. The number of halogens is 2. The molecular weight excluding hydrogens is 443 g/mol. The summed E-state index contributed by atoms with van der Waals surface area (Å²) in [4.78, 5) is 19.4. The summed E-state index contributed by atoms with van der Waals surface area (Å²) in [7, 11) is 0. The van der Waals surface area contributed by atoms with Gasteiger partial charge in [-0.2, -0.15) is 0 Å². The summed E-state index contributed by atoms with van der Waals surface area (Å²) in [5.41, 5.74) is 2.61. The van der Waals surface area contributed by atoms with Gasteiger partial charge in [0.25, 0.3) is 5.91 Å². The van der Waals surface area contributed by atoms with E-state index in [1.165, 1.54) is 11.8 Å². The van der Waals surface area contributed by atoms with Crippen molar-refractivity contribution in [2.75, 3.05) is 30.3 Å². The van der Waals surface area contributed by atoms with E-state index in [0.29, 0.717) is 22.3 Å². The Balaban J connectivity index is 1.29. The molecule has 2 aromatic carbocycles. The van der Waals surface area contributed by atoms with Gasteiger partial charge in [0, 0.05) is 30.0 Å². The molecule has 1 aromatic heterocycles. The number of anilines is 2. The van der Waals surface area contributed by atoms with Gasteiger partial charge in [0.15, 0.2) is 0 Å². The summed E-state index contributed by atoms with van der Waals surface area (Å²) in [6.45, 7) is 3.81. The number of rotatable bonds is 7. The van der Waals surface area contributed by atoms with Crippen LogP contribution < -0.4 is 10.6 Å². The maximum atomic E-state index is 12.8. The molecule has 1 fully saturated rings. The minimum atomic E-state index is -0.197. The summed E-state index contributed by atoms with van der Waals surface area (Å²) in [5, 5.41) is 7.69. The molecule has 5 nitrogen and oxygen atoms in total. The standard InChI is InChI=1S/C25H26Cl2N4O/c26-20-9-10-24(29-16-20)30-25(32)21-6-2-4-8-23(21)28-15-18-11-13-31(14-12-18)17-19-5-1-3-7-22(19)27/h1-10,16,18,28H,11-15,17H2,(H,29,30,32). The minimum Gasteiger partial charge on any atom is -0.384 e. The van der Waals surface area contributed by atoms with Crippen LogP contribution in [0, 0.1) is 5.92 Å². The number of amides is 1. The smallest absolute Gasteiger partial charge is 0.258 e. The van der Waals surface area contributed by atoms with Gasteiger partial charge in [-0.05, 0) is 67.7 Å². The lowest BCUT2D eigenvalue weighted by molar-refractivity contribution is 0.102. The third kappa shape index (κ3) is 6.00. The van der Waals surface area contributed by atoms with E-state index in [2.05, 4.69) is 26.6 Å². The lowest BCUT2D eigenvalue weighted by Crippen LogP contribution is -2.35. The summed E-state index contributed by atoms with van der Waals surface area (Å²) in [6.07, 6.45) is 3.74. The number of pyridine rings is 1. The molecule has 2 N–H and O–H groups in total. The van der Waals surface area contributed by atoms with Gasteiger partial charge in [0.1, 0.15) is 5.82 Å². The third-order valence-corrected chi connectivity index (χ3v) is 6.37. The van der Waals surface area contributed by atoms with Crippen LogP contribution in [-0.2, 0) is 6.54 Å². The van der Waals surface area contributed by atoms with Crippen molar-refractivity contribution in [1.82, 2.24) is 9.88 Å². The molecule has 1 aliphatic heterocycles. The maximum absolute atomic E-state index is 12.8. The van der Waals surface area contributed by atoms with Gasteiger partial charge in [-0.25, -0.2) is 4.98 Å². The van der Waals surface area contributed by atoms with Crippen LogP contribution >= 0.6 is 23.2 Å². The maximum Gasteiger partial charge on any atom is 0.258 e. The molecule has 7 heteroatoms. The van der Waals surface area contributed by atoms with Gasteiger partial charge in [-0.3, -0.25) is 9.69 Å². The van der Waals surface area contributed by atoms with E-state index in [4.69, 9.17) is 23.2 Å². The molecule has 0 spiro atoms. The lowest BCUT2D eigenvalue weighted by atomic mass is 9.96. The monoisotopic (exact) mass is 468 g/mol. The molecule has 1 amide bonds. The van der Waals surface area contributed by atoms with Crippen molar-refractivity contribution >= 4 is 40.6 Å². The van der Waals surface area contributed by atoms with Crippen molar-refractivity contribution in [3.63, 3.8) is 0 Å². The van der Waals surface area contributed by atoms with E-state index >= 15 is 0 Å². The Hall–Kier alpha value is -2.60. The molecule has 1 aliphatic rings. The molecule has 0 radical (unpaired) electrons. The molecule has 32 heavy (non-hydrogen) atoms. The Morgan fingerprint density at radius 2 is 1.75 bits per heavy atom. The topological polar surface area (TPSA) is 57.3 Å². The second-order valence-corrected chi connectivity index (χ2v) is 8.90. The van der Waals surface area contributed by atoms with Crippen LogP contribution in [0.2, 0.25) is 10.0 Å². The molecule has 4 rings (SSSR count). The number of para-hydroxylation sites is 1. The molecule has 0 unspecified atom stereocenters. The summed E-state index contributed by atoms with van der Waals surface area (Å²) < 4.78 is 0. The fraction of sp³-hybridized carbons (Fsp3) is 0.280. The van der Waals surface area contributed by atoms with Crippen molar-refractivity contribution in [2.24, 2.45) is 5.92 Å². The molecule has 166 valence electrons. The van der Waals surface area contributed by atoms with Crippen molar-refractivity contribution in [1.29, 1.82) is 0 Å². The van der Waals surface area contributed by atoms with Gasteiger partial charge in [0.2, 0.25) is 0 Å². The highest BCUT2D eigenvalue weighted by atomic mass is 35.5. The lowest BCUT2D eigenvalue weighted by Gasteiger charge is -2.32. The first kappa shape index (κ1) is 22.6. The fourth-order valence-electron chi connectivity index (χ4n) is 3.94. The molecule has 0 aliphatic carbocycles. The highest BCUT2D eigenvalue weighted by Crippen LogP contribution is 2.24. The molecular formula is C25H26Cl2N4O. The zero-order valence-corrected chi connectivity index (χ0v) is 19.2. The molecule has 1 saturated heterocycles. The Kier molecular flexibility index (Phi) is 7.63. The van der Waals surface area contributed by atoms with E-state index in [-0.39, 0.29) is 5.91 Å². The number of benzene rings is 2. The number of hydrogen-bond acceptors (Lipinski definition) is 4. The van der Waals surface area contributed by atoms with E-state index in [0.717, 1.165) is 49.7 Å². The zero-order valence-electron chi connectivity index (χ0n) is 17.7. The minimum absolute atomic E-state index is 0.197. The largest absolute Gasteiger partial charge is 0.384 e. The van der Waals surface area contributed by atoms with E-state index in [9.17, 15) is 4.79 Å². The van der Waals surface area contributed by atoms with E-state index in [1.54, 1.807) is 12.1 Å². The van der Waals surface area contributed by atoms with Gasteiger partial charge < -0.3 is 10.6 Å². The van der Waals surface area contributed by atoms with Gasteiger partial charge >= 0.3 is 0 Å². The fourth-order valence-corrected chi connectivity index (χ4v) is 4.25. The van der Waals surface area contributed by atoms with E-state index in [1.807, 2.05) is 42.5 Å². The predicted molar refractivity (Wildman–Crippen MR) is 132 cm³/mol. The Bertz CT molecular complexity index is 1050. The number of aromatic nitrogens is 1. The van der Waals surface area contributed by atoms with Crippen LogP contribution in [0.25, 0.3) is 0 Å². The number of carbonyl (C=O) groups excluding carboxylic acids is 1. The van der Waals surface area contributed by atoms with Crippen LogP contribution in [0.3, 0.4) is 0 Å². The second-order valence-electron chi connectivity index (χ2n) is 8.05. The number of piperidine rings is 1. The van der Waals surface area contributed by atoms with Crippen molar-refractivity contribution in [2.45, 2.75) is 19.4 Å². The highest BCUT2D eigenvalue weighted by molar-refractivity contribution is 6.31. The summed E-state index contributed by atoms with van der Waals surface area (Å²) >= 11 is 12.2. The summed E-state index contributed by atoms with van der Waals surface area (Å²) in [6, 6.07) is 19.0. The van der Waals surface area contributed by atoms with Gasteiger partial charge in [-0.1, -0.05) is 53.5 Å².